The molecule has 1 fully saturated rings. The molecule has 1 aromatic carbocycles. The van der Waals surface area contributed by atoms with Crippen molar-refractivity contribution in [3.63, 3.8) is 0 Å². The number of anilines is 1. The first kappa shape index (κ1) is 18.1. The summed E-state index contributed by atoms with van der Waals surface area (Å²) in [4.78, 5) is 38.2. The van der Waals surface area contributed by atoms with Crippen LogP contribution < -0.4 is 10.2 Å². The lowest BCUT2D eigenvalue weighted by Crippen LogP contribution is -2.54. The van der Waals surface area contributed by atoms with Crippen LogP contribution in [0, 0.1) is 0 Å². The highest BCUT2D eigenvalue weighted by atomic mass is 35.5. The second kappa shape index (κ2) is 8.01. The summed E-state index contributed by atoms with van der Waals surface area (Å²) in [5.74, 6) is -1.19. The van der Waals surface area contributed by atoms with Gasteiger partial charge in [0.25, 0.3) is 0 Å². The van der Waals surface area contributed by atoms with Crippen LogP contribution in [0.4, 0.5) is 10.5 Å². The van der Waals surface area contributed by atoms with Crippen molar-refractivity contribution in [2.45, 2.75) is 25.3 Å². The zero-order valence-electron chi connectivity index (χ0n) is 13.4. The van der Waals surface area contributed by atoms with E-state index in [0.717, 1.165) is 6.42 Å². The van der Waals surface area contributed by atoms with Crippen LogP contribution in [0.15, 0.2) is 24.3 Å². The van der Waals surface area contributed by atoms with Crippen molar-refractivity contribution < 1.29 is 19.5 Å². The Hall–Kier alpha value is -2.28. The minimum Gasteiger partial charge on any atom is -0.481 e. The summed E-state index contributed by atoms with van der Waals surface area (Å²) in [6, 6.07) is 5.97. The van der Waals surface area contributed by atoms with E-state index < -0.39 is 18.0 Å². The molecule has 1 heterocycles. The van der Waals surface area contributed by atoms with Crippen LogP contribution in [0.3, 0.4) is 0 Å². The van der Waals surface area contributed by atoms with Crippen molar-refractivity contribution in [3.8, 4) is 0 Å². The molecule has 1 saturated heterocycles. The predicted octanol–water partition coefficient (Wildman–Crippen LogP) is 1.95. The number of carboxylic acid groups (broad SMARTS) is 1. The zero-order chi connectivity index (χ0) is 17.7. The van der Waals surface area contributed by atoms with Crippen LogP contribution in [-0.2, 0) is 9.59 Å². The molecule has 8 heteroatoms. The predicted molar refractivity (Wildman–Crippen MR) is 90.2 cm³/mol. The van der Waals surface area contributed by atoms with Gasteiger partial charge >= 0.3 is 12.0 Å². The average molecular weight is 354 g/mol. The molecule has 1 aliphatic heterocycles. The first-order chi connectivity index (χ1) is 11.4. The van der Waals surface area contributed by atoms with Gasteiger partial charge in [-0.2, -0.15) is 0 Å². The number of rotatable bonds is 5. The summed E-state index contributed by atoms with van der Waals surface area (Å²) in [5.41, 5.74) is 0.627. The van der Waals surface area contributed by atoms with E-state index in [4.69, 9.17) is 16.7 Å². The first-order valence-electron chi connectivity index (χ1n) is 7.69. The van der Waals surface area contributed by atoms with Crippen LogP contribution in [-0.4, -0.2) is 54.1 Å². The minimum absolute atomic E-state index is 0.0797. The Morgan fingerprint density at radius 1 is 1.42 bits per heavy atom. The Morgan fingerprint density at radius 3 is 2.79 bits per heavy atom. The fourth-order valence-corrected chi connectivity index (χ4v) is 2.78. The highest BCUT2D eigenvalue weighted by molar-refractivity contribution is 6.33. The summed E-state index contributed by atoms with van der Waals surface area (Å²) in [7, 11) is 1.50. The van der Waals surface area contributed by atoms with Gasteiger partial charge in [-0.15, -0.1) is 0 Å². The van der Waals surface area contributed by atoms with Gasteiger partial charge in [0.05, 0.1) is 17.1 Å². The number of halogens is 1. The van der Waals surface area contributed by atoms with Crippen molar-refractivity contribution in [2.75, 3.05) is 25.0 Å². The normalized spacial score (nSPS) is 17.5. The fourth-order valence-electron chi connectivity index (χ4n) is 2.54. The van der Waals surface area contributed by atoms with E-state index in [1.54, 1.807) is 29.2 Å². The van der Waals surface area contributed by atoms with Gasteiger partial charge in [0.2, 0.25) is 5.91 Å². The van der Waals surface area contributed by atoms with Crippen molar-refractivity contribution in [2.24, 2.45) is 0 Å². The average Bonchev–Trinajstić information content (AvgIpc) is 2.55. The molecule has 1 unspecified atom stereocenters. The van der Waals surface area contributed by atoms with E-state index in [-0.39, 0.29) is 18.9 Å². The van der Waals surface area contributed by atoms with E-state index in [1.165, 1.54) is 11.9 Å². The highest BCUT2D eigenvalue weighted by Gasteiger charge is 2.32. The lowest BCUT2D eigenvalue weighted by Gasteiger charge is -2.33. The van der Waals surface area contributed by atoms with Crippen LogP contribution in [0.25, 0.3) is 0 Å². The first-order valence-corrected chi connectivity index (χ1v) is 8.07. The van der Waals surface area contributed by atoms with E-state index in [0.29, 0.717) is 23.7 Å². The molecule has 0 aromatic heterocycles. The number of hydrogen-bond donors (Lipinski definition) is 2. The number of benzene rings is 1. The number of nitrogens with zero attached hydrogens (tertiary/aromatic N) is 2. The molecule has 24 heavy (non-hydrogen) atoms. The smallest absolute Gasteiger partial charge is 0.317 e. The van der Waals surface area contributed by atoms with Crippen LogP contribution in [0.1, 0.15) is 19.3 Å². The zero-order valence-corrected chi connectivity index (χ0v) is 14.1. The molecule has 2 N–H and O–H groups in total. The molecular formula is C16H20ClN3O4. The molecule has 0 aliphatic carbocycles. The van der Waals surface area contributed by atoms with Gasteiger partial charge in [-0.25, -0.2) is 4.79 Å². The molecule has 0 saturated carbocycles. The molecule has 0 bridgehead atoms. The number of carboxylic acids is 1. The summed E-state index contributed by atoms with van der Waals surface area (Å²) in [5, 5.41) is 11.8. The molecular weight excluding hydrogens is 334 g/mol. The Labute approximate surface area is 145 Å². The number of amides is 3. The topological polar surface area (TPSA) is 89.9 Å². The van der Waals surface area contributed by atoms with E-state index in [9.17, 15) is 14.4 Å². The van der Waals surface area contributed by atoms with Crippen LogP contribution >= 0.6 is 11.6 Å². The fraction of sp³-hybridized carbons (Fsp3) is 0.438. The maximum Gasteiger partial charge on any atom is 0.317 e. The number of carbonyl (C=O) groups is 3. The quantitative estimate of drug-likeness (QED) is 0.846. The van der Waals surface area contributed by atoms with Gasteiger partial charge in [-0.3, -0.25) is 9.59 Å². The largest absolute Gasteiger partial charge is 0.481 e. The third-order valence-electron chi connectivity index (χ3n) is 3.89. The van der Waals surface area contributed by atoms with Crippen molar-refractivity contribution in [1.29, 1.82) is 0 Å². The Morgan fingerprint density at radius 2 is 2.12 bits per heavy atom. The third-order valence-corrected chi connectivity index (χ3v) is 4.21. The summed E-state index contributed by atoms with van der Waals surface area (Å²) in [6.45, 7) is 0.625. The molecule has 130 valence electrons. The molecule has 7 nitrogen and oxygen atoms in total. The minimum atomic E-state index is -0.978. The summed E-state index contributed by atoms with van der Waals surface area (Å²) in [6.07, 6.45) is 1.13. The monoisotopic (exact) mass is 353 g/mol. The second-order valence-electron chi connectivity index (χ2n) is 5.65. The van der Waals surface area contributed by atoms with Crippen LogP contribution in [0.5, 0.6) is 0 Å². The summed E-state index contributed by atoms with van der Waals surface area (Å²) < 4.78 is 0. The Bertz CT molecular complexity index is 638. The van der Waals surface area contributed by atoms with Gasteiger partial charge in [-0.05, 0) is 25.0 Å². The van der Waals surface area contributed by atoms with Crippen molar-refractivity contribution in [1.82, 2.24) is 10.2 Å². The lowest BCUT2D eigenvalue weighted by molar-refractivity contribution is -0.137. The van der Waals surface area contributed by atoms with Gasteiger partial charge in [0.1, 0.15) is 6.04 Å². The SMILES string of the molecule is CN(CCC(=O)O)C(=O)NC1CCCN(c2ccccc2Cl)C1=O. The van der Waals surface area contributed by atoms with Crippen LogP contribution in [0.2, 0.25) is 5.02 Å². The molecule has 3 amide bonds. The number of para-hydroxylation sites is 1. The molecule has 0 spiro atoms. The van der Waals surface area contributed by atoms with Gasteiger partial charge in [0, 0.05) is 20.1 Å². The third kappa shape index (κ3) is 4.38. The number of aliphatic carboxylic acids is 1. The van der Waals surface area contributed by atoms with E-state index >= 15 is 0 Å². The van der Waals surface area contributed by atoms with E-state index in [1.807, 2.05) is 0 Å². The van der Waals surface area contributed by atoms with Gasteiger partial charge in [0.15, 0.2) is 0 Å². The number of hydrogen-bond acceptors (Lipinski definition) is 3. The Balaban J connectivity index is 2.01. The molecule has 1 aromatic rings. The van der Waals surface area contributed by atoms with E-state index in [2.05, 4.69) is 5.32 Å². The van der Waals surface area contributed by atoms with Gasteiger partial charge in [-0.1, -0.05) is 23.7 Å². The molecule has 0 radical (unpaired) electrons. The number of piperidine rings is 1. The molecule has 1 aliphatic rings. The number of nitrogens with one attached hydrogen (secondary N) is 1. The molecule has 2 rings (SSSR count). The van der Waals surface area contributed by atoms with Gasteiger partial charge < -0.3 is 20.2 Å². The maximum atomic E-state index is 12.6. The second-order valence-corrected chi connectivity index (χ2v) is 6.06. The number of urea groups is 1. The van der Waals surface area contributed by atoms with Crippen molar-refractivity contribution >= 4 is 35.2 Å². The highest BCUT2D eigenvalue weighted by Crippen LogP contribution is 2.28. The maximum absolute atomic E-state index is 12.6. The van der Waals surface area contributed by atoms with Crippen molar-refractivity contribution in [3.05, 3.63) is 29.3 Å². The standard InChI is InChI=1S/C16H20ClN3O4/c1-19(10-8-14(21)22)16(24)18-12-6-4-9-20(15(12)23)13-7-3-2-5-11(13)17/h2-3,5,7,12H,4,6,8-10H2,1H3,(H,18,24)(H,21,22). The Kier molecular flexibility index (Phi) is 6.03. The summed E-state index contributed by atoms with van der Waals surface area (Å²) >= 11 is 6.15. The molecule has 1 atom stereocenters. The lowest BCUT2D eigenvalue weighted by atomic mass is 10.0. The number of carbonyl (C=O) groups excluding carboxylic acids is 2.